The average Bonchev–Trinajstić information content (AvgIpc) is 2.79. The highest BCUT2D eigenvalue weighted by Crippen LogP contribution is 2.27. The van der Waals surface area contributed by atoms with Crippen LogP contribution in [0.4, 0.5) is 0 Å². The Morgan fingerprint density at radius 1 is 1.05 bits per heavy atom. The lowest BCUT2D eigenvalue weighted by molar-refractivity contribution is 0.905. The Bertz CT molecular complexity index is 802. The number of fused-ring (bicyclic) bond motifs is 1. The highest BCUT2D eigenvalue weighted by Gasteiger charge is 2.15. The van der Waals surface area contributed by atoms with E-state index >= 15 is 0 Å². The first-order valence-electron chi connectivity index (χ1n) is 7.22. The van der Waals surface area contributed by atoms with Crippen LogP contribution in [-0.4, -0.2) is 15.4 Å². The standard InChI is InChI=1S/C18H19ClN2/c1-12-7-8-16(14(3)11-12)21-17(9-10-19)20-15-6-4-5-13(2)18(15)21/h4-8,11H,9-10H2,1-3H3. The van der Waals surface area contributed by atoms with Gasteiger partial charge < -0.3 is 0 Å². The third-order valence-corrected chi connectivity index (χ3v) is 4.05. The lowest BCUT2D eigenvalue weighted by Crippen LogP contribution is -2.04. The number of aromatic nitrogens is 2. The summed E-state index contributed by atoms with van der Waals surface area (Å²) in [5.74, 6) is 1.61. The normalized spacial score (nSPS) is 11.2. The number of imidazole rings is 1. The number of hydrogen-bond acceptors (Lipinski definition) is 1. The first-order valence-corrected chi connectivity index (χ1v) is 7.76. The number of aryl methyl sites for hydroxylation is 4. The molecule has 0 aliphatic rings. The zero-order chi connectivity index (χ0) is 15.0. The van der Waals surface area contributed by atoms with Gasteiger partial charge in [0.05, 0.1) is 16.7 Å². The van der Waals surface area contributed by atoms with Crippen LogP contribution in [0.5, 0.6) is 0 Å². The van der Waals surface area contributed by atoms with E-state index in [1.807, 2.05) is 0 Å². The fourth-order valence-corrected chi connectivity index (χ4v) is 3.08. The summed E-state index contributed by atoms with van der Waals surface area (Å²) in [4.78, 5) is 4.78. The molecule has 0 unspecified atom stereocenters. The molecule has 1 aromatic heterocycles. The van der Waals surface area contributed by atoms with Gasteiger partial charge in [-0.15, -0.1) is 11.6 Å². The van der Waals surface area contributed by atoms with E-state index in [4.69, 9.17) is 16.6 Å². The monoisotopic (exact) mass is 298 g/mol. The molecule has 0 fully saturated rings. The molecule has 1 heterocycles. The Morgan fingerprint density at radius 3 is 2.57 bits per heavy atom. The second-order valence-corrected chi connectivity index (χ2v) is 5.91. The molecule has 2 aromatic carbocycles. The van der Waals surface area contributed by atoms with Crippen molar-refractivity contribution in [2.24, 2.45) is 0 Å². The SMILES string of the molecule is Cc1ccc(-n2c(CCCl)nc3cccc(C)c32)c(C)c1. The molecule has 0 atom stereocenters. The van der Waals surface area contributed by atoms with E-state index in [9.17, 15) is 0 Å². The first-order chi connectivity index (χ1) is 10.1. The fourth-order valence-electron chi connectivity index (χ4n) is 2.91. The summed E-state index contributed by atoms with van der Waals surface area (Å²) in [6, 6.07) is 12.8. The quantitative estimate of drug-likeness (QED) is 0.639. The third kappa shape index (κ3) is 2.44. The van der Waals surface area contributed by atoms with E-state index in [2.05, 4.69) is 61.7 Å². The van der Waals surface area contributed by atoms with Crippen LogP contribution in [0.25, 0.3) is 16.7 Å². The Morgan fingerprint density at radius 2 is 1.86 bits per heavy atom. The van der Waals surface area contributed by atoms with Gasteiger partial charge in [0, 0.05) is 12.3 Å². The third-order valence-electron chi connectivity index (χ3n) is 3.86. The largest absolute Gasteiger partial charge is 0.296 e. The Labute approximate surface area is 130 Å². The van der Waals surface area contributed by atoms with E-state index in [1.54, 1.807) is 0 Å². The van der Waals surface area contributed by atoms with Crippen LogP contribution in [0.15, 0.2) is 36.4 Å². The Kier molecular flexibility index (Phi) is 3.73. The van der Waals surface area contributed by atoms with Gasteiger partial charge in [-0.05, 0) is 44.0 Å². The van der Waals surface area contributed by atoms with Crippen molar-refractivity contribution in [2.75, 3.05) is 5.88 Å². The van der Waals surface area contributed by atoms with Crippen LogP contribution >= 0.6 is 11.6 Å². The van der Waals surface area contributed by atoms with Crippen molar-refractivity contribution in [1.82, 2.24) is 9.55 Å². The highest BCUT2D eigenvalue weighted by atomic mass is 35.5. The van der Waals surface area contributed by atoms with Gasteiger partial charge in [0.1, 0.15) is 5.82 Å². The molecule has 2 nitrogen and oxygen atoms in total. The molecule has 0 N–H and O–H groups in total. The van der Waals surface area contributed by atoms with Gasteiger partial charge in [-0.1, -0.05) is 29.8 Å². The maximum atomic E-state index is 5.97. The minimum Gasteiger partial charge on any atom is -0.296 e. The van der Waals surface area contributed by atoms with Crippen molar-refractivity contribution < 1.29 is 0 Å². The van der Waals surface area contributed by atoms with E-state index < -0.39 is 0 Å². The molecular weight excluding hydrogens is 280 g/mol. The van der Waals surface area contributed by atoms with E-state index in [0.717, 1.165) is 17.8 Å². The van der Waals surface area contributed by atoms with Crippen LogP contribution in [0.3, 0.4) is 0 Å². The van der Waals surface area contributed by atoms with Crippen LogP contribution in [-0.2, 0) is 6.42 Å². The molecule has 3 heteroatoms. The summed E-state index contributed by atoms with van der Waals surface area (Å²) in [5, 5.41) is 0. The number of para-hydroxylation sites is 1. The number of alkyl halides is 1. The fraction of sp³-hybridized carbons (Fsp3) is 0.278. The van der Waals surface area contributed by atoms with Gasteiger partial charge in [-0.25, -0.2) is 4.98 Å². The zero-order valence-electron chi connectivity index (χ0n) is 12.7. The van der Waals surface area contributed by atoms with Gasteiger partial charge in [-0.3, -0.25) is 4.57 Å². The molecule has 108 valence electrons. The molecule has 3 aromatic rings. The van der Waals surface area contributed by atoms with Crippen LogP contribution in [0.1, 0.15) is 22.5 Å². The van der Waals surface area contributed by atoms with Crippen molar-refractivity contribution >= 4 is 22.6 Å². The average molecular weight is 299 g/mol. The number of nitrogens with zero attached hydrogens (tertiary/aromatic N) is 2. The lowest BCUT2D eigenvalue weighted by Gasteiger charge is -2.13. The minimum absolute atomic E-state index is 0.577. The van der Waals surface area contributed by atoms with E-state index in [-0.39, 0.29) is 0 Å². The second kappa shape index (κ2) is 5.53. The molecule has 0 spiro atoms. The molecular formula is C18H19ClN2. The number of benzene rings is 2. The van der Waals surface area contributed by atoms with Crippen LogP contribution < -0.4 is 0 Å². The number of hydrogen-bond donors (Lipinski definition) is 0. The molecule has 0 radical (unpaired) electrons. The van der Waals surface area contributed by atoms with Gasteiger partial charge in [0.2, 0.25) is 0 Å². The number of rotatable bonds is 3. The summed E-state index contributed by atoms with van der Waals surface area (Å²) in [5.41, 5.74) is 7.18. The minimum atomic E-state index is 0.577. The Hall–Kier alpha value is -1.80. The zero-order valence-corrected chi connectivity index (χ0v) is 13.4. The first kappa shape index (κ1) is 14.2. The highest BCUT2D eigenvalue weighted by molar-refractivity contribution is 6.18. The summed E-state index contributed by atoms with van der Waals surface area (Å²) < 4.78 is 2.27. The van der Waals surface area contributed by atoms with Crippen molar-refractivity contribution in [3.63, 3.8) is 0 Å². The second-order valence-electron chi connectivity index (χ2n) is 5.54. The predicted octanol–water partition coefficient (Wildman–Crippen LogP) is 4.73. The topological polar surface area (TPSA) is 17.8 Å². The molecule has 0 aliphatic heterocycles. The van der Waals surface area contributed by atoms with E-state index in [1.165, 1.54) is 27.9 Å². The summed E-state index contributed by atoms with van der Waals surface area (Å²) in [7, 11) is 0. The molecule has 0 bridgehead atoms. The van der Waals surface area contributed by atoms with E-state index in [0.29, 0.717) is 5.88 Å². The van der Waals surface area contributed by atoms with Crippen molar-refractivity contribution in [1.29, 1.82) is 0 Å². The molecule has 0 saturated carbocycles. The summed E-state index contributed by atoms with van der Waals surface area (Å²) in [6.45, 7) is 6.40. The van der Waals surface area contributed by atoms with Crippen LogP contribution in [0, 0.1) is 20.8 Å². The Balaban J connectivity index is 2.35. The number of halogens is 1. The van der Waals surface area contributed by atoms with Gasteiger partial charge in [-0.2, -0.15) is 0 Å². The molecule has 0 saturated heterocycles. The van der Waals surface area contributed by atoms with Gasteiger partial charge in [0.15, 0.2) is 0 Å². The molecule has 21 heavy (non-hydrogen) atoms. The lowest BCUT2D eigenvalue weighted by atomic mass is 10.1. The molecule has 0 aliphatic carbocycles. The molecule has 3 rings (SSSR count). The summed E-state index contributed by atoms with van der Waals surface area (Å²) >= 11 is 5.97. The van der Waals surface area contributed by atoms with Crippen molar-refractivity contribution in [3.05, 3.63) is 58.9 Å². The van der Waals surface area contributed by atoms with Crippen molar-refractivity contribution in [3.8, 4) is 5.69 Å². The van der Waals surface area contributed by atoms with Gasteiger partial charge in [0.25, 0.3) is 0 Å². The van der Waals surface area contributed by atoms with Crippen molar-refractivity contribution in [2.45, 2.75) is 27.2 Å². The predicted molar refractivity (Wildman–Crippen MR) is 89.7 cm³/mol. The molecule has 0 amide bonds. The van der Waals surface area contributed by atoms with Gasteiger partial charge >= 0.3 is 0 Å². The maximum absolute atomic E-state index is 5.97. The van der Waals surface area contributed by atoms with Crippen LogP contribution in [0.2, 0.25) is 0 Å². The maximum Gasteiger partial charge on any atom is 0.115 e. The smallest absolute Gasteiger partial charge is 0.115 e. The summed E-state index contributed by atoms with van der Waals surface area (Å²) in [6.07, 6.45) is 0.767.